The van der Waals surface area contributed by atoms with Crippen LogP contribution in [-0.4, -0.2) is 4.57 Å². The van der Waals surface area contributed by atoms with E-state index in [1.807, 2.05) is 12.3 Å². The number of para-hydroxylation sites is 2. The van der Waals surface area contributed by atoms with Crippen LogP contribution in [0.15, 0.2) is 115 Å². The summed E-state index contributed by atoms with van der Waals surface area (Å²) in [7, 11) is 0. The fraction of sp³-hybridized carbons (Fsp3) is 0.176. The number of allylic oxidation sites excluding steroid dienone is 6. The van der Waals surface area contributed by atoms with Gasteiger partial charge in [0.2, 0.25) is 0 Å². The number of hydrogen-bond acceptors (Lipinski definition) is 1. The van der Waals surface area contributed by atoms with Gasteiger partial charge in [-0.2, -0.15) is 0 Å². The zero-order valence-corrected chi connectivity index (χ0v) is 20.8. The zero-order valence-electron chi connectivity index (χ0n) is 20.8. The van der Waals surface area contributed by atoms with Gasteiger partial charge in [0.05, 0.1) is 17.2 Å². The van der Waals surface area contributed by atoms with Crippen molar-refractivity contribution in [2.75, 3.05) is 0 Å². The maximum absolute atomic E-state index is 3.45. The molecule has 4 aromatic rings. The minimum absolute atomic E-state index is 0.120. The molecular formula is C34H30N2. The molecule has 0 radical (unpaired) electrons. The highest BCUT2D eigenvalue weighted by Gasteiger charge is 2.39. The molecule has 1 atom stereocenters. The Bertz CT molecular complexity index is 1620. The van der Waals surface area contributed by atoms with Gasteiger partial charge < -0.3 is 9.88 Å². The lowest BCUT2D eigenvalue weighted by molar-refractivity contribution is 0.571. The van der Waals surface area contributed by atoms with Crippen LogP contribution in [0, 0.1) is 0 Å². The normalized spacial score (nSPS) is 19.4. The van der Waals surface area contributed by atoms with Gasteiger partial charge in [-0.25, -0.2) is 0 Å². The monoisotopic (exact) mass is 466 g/mol. The first kappa shape index (κ1) is 21.3. The van der Waals surface area contributed by atoms with Crippen LogP contribution in [0.3, 0.4) is 0 Å². The van der Waals surface area contributed by atoms with Gasteiger partial charge in [-0.3, -0.25) is 0 Å². The molecule has 1 aliphatic carbocycles. The predicted octanol–water partition coefficient (Wildman–Crippen LogP) is 8.41. The molecule has 1 N–H and O–H groups in total. The number of dihydropyridines is 1. The molecule has 0 fully saturated rings. The Labute approximate surface area is 213 Å². The first-order valence-electron chi connectivity index (χ1n) is 13.0. The molecule has 3 aliphatic rings. The third-order valence-corrected chi connectivity index (χ3v) is 8.17. The van der Waals surface area contributed by atoms with E-state index in [1.54, 1.807) is 5.57 Å². The van der Waals surface area contributed by atoms with Gasteiger partial charge in [0.15, 0.2) is 0 Å². The van der Waals surface area contributed by atoms with Gasteiger partial charge >= 0.3 is 0 Å². The Morgan fingerprint density at radius 3 is 2.53 bits per heavy atom. The smallest absolute Gasteiger partial charge is 0.0695 e. The summed E-state index contributed by atoms with van der Waals surface area (Å²) in [5.74, 6) is 0. The predicted molar refractivity (Wildman–Crippen MR) is 151 cm³/mol. The highest BCUT2D eigenvalue weighted by molar-refractivity contribution is 6.02. The lowest BCUT2D eigenvalue weighted by atomic mass is 9.72. The molecule has 0 spiro atoms. The first-order valence-corrected chi connectivity index (χ1v) is 13.0. The molecule has 1 unspecified atom stereocenters. The fourth-order valence-electron chi connectivity index (χ4n) is 6.49. The van der Waals surface area contributed by atoms with E-state index in [2.05, 4.69) is 121 Å². The van der Waals surface area contributed by atoms with Crippen molar-refractivity contribution in [3.63, 3.8) is 0 Å². The summed E-state index contributed by atoms with van der Waals surface area (Å²) < 4.78 is 2.55. The lowest BCUT2D eigenvalue weighted by Gasteiger charge is -2.32. The molecule has 3 heterocycles. The first-order chi connectivity index (χ1) is 17.6. The summed E-state index contributed by atoms with van der Waals surface area (Å²) in [5, 5.41) is 4.77. The van der Waals surface area contributed by atoms with Crippen LogP contribution in [0.25, 0.3) is 33.3 Å². The number of nitrogens with one attached hydrogen (secondary N) is 1. The summed E-state index contributed by atoms with van der Waals surface area (Å²) >= 11 is 0. The van der Waals surface area contributed by atoms with Crippen LogP contribution in [0.2, 0.25) is 0 Å². The van der Waals surface area contributed by atoms with Crippen molar-refractivity contribution < 1.29 is 0 Å². The number of rotatable bonds is 2. The van der Waals surface area contributed by atoms with E-state index in [-0.39, 0.29) is 11.5 Å². The molecule has 3 aromatic carbocycles. The summed E-state index contributed by atoms with van der Waals surface area (Å²) in [6.45, 7) is 4.86. The second kappa shape index (κ2) is 7.99. The molecule has 2 aliphatic heterocycles. The van der Waals surface area contributed by atoms with E-state index < -0.39 is 0 Å². The summed E-state index contributed by atoms with van der Waals surface area (Å²) in [5.41, 5.74) is 12.0. The van der Waals surface area contributed by atoms with Crippen LogP contribution >= 0.6 is 0 Å². The number of fused-ring (bicyclic) bond motifs is 6. The quantitative estimate of drug-likeness (QED) is 0.314. The molecule has 0 saturated heterocycles. The van der Waals surface area contributed by atoms with Crippen molar-refractivity contribution >= 4 is 16.5 Å². The van der Waals surface area contributed by atoms with Crippen LogP contribution in [0.4, 0.5) is 0 Å². The molecule has 0 bridgehead atoms. The van der Waals surface area contributed by atoms with Gasteiger partial charge in [-0.1, -0.05) is 104 Å². The van der Waals surface area contributed by atoms with E-state index in [1.165, 1.54) is 50.1 Å². The highest BCUT2D eigenvalue weighted by Crippen LogP contribution is 2.52. The average Bonchev–Trinajstić information content (AvgIpc) is 3.26. The molecule has 176 valence electrons. The van der Waals surface area contributed by atoms with Crippen molar-refractivity contribution in [3.05, 3.63) is 132 Å². The maximum Gasteiger partial charge on any atom is 0.0695 e. The number of benzene rings is 3. The minimum atomic E-state index is -0.120. The summed E-state index contributed by atoms with van der Waals surface area (Å²) in [6.07, 6.45) is 15.3. The minimum Gasteiger partial charge on any atom is -0.381 e. The van der Waals surface area contributed by atoms with Gasteiger partial charge in [-0.15, -0.1) is 0 Å². The molecule has 0 amide bonds. The van der Waals surface area contributed by atoms with E-state index >= 15 is 0 Å². The summed E-state index contributed by atoms with van der Waals surface area (Å²) in [6, 6.07) is 27.3. The lowest BCUT2D eigenvalue weighted by Crippen LogP contribution is -2.24. The van der Waals surface area contributed by atoms with Gasteiger partial charge in [0, 0.05) is 27.6 Å². The van der Waals surface area contributed by atoms with Gasteiger partial charge in [-0.05, 0) is 54.0 Å². The highest BCUT2D eigenvalue weighted by atomic mass is 15.0. The van der Waals surface area contributed by atoms with Crippen LogP contribution in [0.5, 0.6) is 0 Å². The topological polar surface area (TPSA) is 17.0 Å². The van der Waals surface area contributed by atoms with Crippen molar-refractivity contribution in [3.8, 4) is 16.8 Å². The molecule has 0 saturated carbocycles. The van der Waals surface area contributed by atoms with Crippen molar-refractivity contribution in [2.24, 2.45) is 0 Å². The van der Waals surface area contributed by atoms with E-state index in [0.717, 1.165) is 12.8 Å². The van der Waals surface area contributed by atoms with E-state index in [9.17, 15) is 0 Å². The van der Waals surface area contributed by atoms with Crippen molar-refractivity contribution in [1.82, 2.24) is 9.88 Å². The molecule has 36 heavy (non-hydrogen) atoms. The second-order valence-electron chi connectivity index (χ2n) is 10.6. The number of hydrogen-bond donors (Lipinski definition) is 1. The fourth-order valence-corrected chi connectivity index (χ4v) is 6.49. The Kier molecular flexibility index (Phi) is 4.72. The standard InChI is InChI=1S/C34H30N2/c1-34(2)28-14-6-3-11-25(28)26-12-4-7-16-30(26)36-31-17-8-5-13-27(31)32(33(34)36)24-20-18-23(19-21-24)29-15-9-10-22-35-29/h3-5,7-13,15-22,29,35H,6,14H2,1-2H3. The Morgan fingerprint density at radius 1 is 0.889 bits per heavy atom. The van der Waals surface area contributed by atoms with Crippen LogP contribution in [-0.2, 0) is 5.41 Å². The molecular weight excluding hydrogens is 436 g/mol. The van der Waals surface area contributed by atoms with E-state index in [0.29, 0.717) is 0 Å². The van der Waals surface area contributed by atoms with Gasteiger partial charge in [0.1, 0.15) is 0 Å². The molecule has 1 aromatic heterocycles. The largest absolute Gasteiger partial charge is 0.381 e. The van der Waals surface area contributed by atoms with Gasteiger partial charge in [0.25, 0.3) is 0 Å². The van der Waals surface area contributed by atoms with Crippen LogP contribution < -0.4 is 5.32 Å². The van der Waals surface area contributed by atoms with Crippen molar-refractivity contribution in [2.45, 2.75) is 38.1 Å². The third-order valence-electron chi connectivity index (χ3n) is 8.17. The maximum atomic E-state index is 3.45. The molecule has 2 nitrogen and oxygen atoms in total. The number of aromatic nitrogens is 1. The summed E-state index contributed by atoms with van der Waals surface area (Å²) in [4.78, 5) is 0. The Hall–Kier alpha value is -4.04. The third kappa shape index (κ3) is 3.04. The average molecular weight is 467 g/mol. The van der Waals surface area contributed by atoms with Crippen LogP contribution in [0.1, 0.15) is 49.6 Å². The number of nitrogens with zero attached hydrogens (tertiary/aromatic N) is 1. The SMILES string of the molecule is CC1(C)C2=C(C=CCC2)c2ccccc2-n2c1c(-c1ccc(C3C=CC=CN3)cc1)c1ccccc12. The molecule has 2 heteroatoms. The van der Waals surface area contributed by atoms with E-state index in [4.69, 9.17) is 0 Å². The Balaban J connectivity index is 1.53. The van der Waals surface area contributed by atoms with Crippen molar-refractivity contribution in [1.29, 1.82) is 0 Å². The zero-order chi connectivity index (χ0) is 24.3. The Morgan fingerprint density at radius 2 is 1.69 bits per heavy atom. The second-order valence-corrected chi connectivity index (χ2v) is 10.6. The molecule has 7 rings (SSSR count).